The fourth-order valence-electron chi connectivity index (χ4n) is 4.34. The molecule has 4 aromatic rings. The average molecular weight is 606 g/mol. The summed E-state index contributed by atoms with van der Waals surface area (Å²) in [5.41, 5.74) is 1.38. The zero-order valence-corrected chi connectivity index (χ0v) is 22.5. The highest BCUT2D eigenvalue weighted by atomic mass is 35.5. The van der Waals surface area contributed by atoms with E-state index in [1.807, 2.05) is 60.7 Å². The van der Waals surface area contributed by atoms with E-state index in [1.165, 1.54) is 0 Å². The summed E-state index contributed by atoms with van der Waals surface area (Å²) >= 11 is 12.7. The van der Waals surface area contributed by atoms with Crippen LogP contribution in [0.5, 0.6) is 0 Å². The maximum atomic E-state index is 16.5. The summed E-state index contributed by atoms with van der Waals surface area (Å²) in [6, 6.07) is 18.4. The molecule has 15 heteroatoms. The van der Waals surface area contributed by atoms with Gasteiger partial charge in [-0.15, -0.1) is 4.90 Å². The number of aromatic nitrogens is 4. The Morgan fingerprint density at radius 1 is 1.02 bits per heavy atom. The predicted molar refractivity (Wildman–Crippen MR) is 144 cm³/mol. The van der Waals surface area contributed by atoms with Gasteiger partial charge in [0.25, 0.3) is 5.13 Å². The highest BCUT2D eigenvalue weighted by Crippen LogP contribution is 2.47. The summed E-state index contributed by atoms with van der Waals surface area (Å²) in [5, 5.41) is 15.6. The first-order chi connectivity index (χ1) is 19.7. The monoisotopic (exact) mass is 605 g/mol. The Morgan fingerprint density at radius 2 is 1.63 bits per heavy atom. The molecule has 214 valence electrons. The second-order valence-electron chi connectivity index (χ2n) is 8.96. The van der Waals surface area contributed by atoms with Crippen molar-refractivity contribution in [2.75, 3.05) is 11.5 Å². The zero-order chi connectivity index (χ0) is 29.1. The van der Waals surface area contributed by atoms with E-state index in [4.69, 9.17) is 37.4 Å². The minimum absolute atomic E-state index is 0.0180. The lowest BCUT2D eigenvalue weighted by molar-refractivity contribution is -0.0821. The number of imide groups is 1. The van der Waals surface area contributed by atoms with Crippen LogP contribution in [0.2, 0.25) is 5.15 Å². The van der Waals surface area contributed by atoms with Gasteiger partial charge < -0.3 is 24.4 Å². The molecule has 12 nitrogen and oxygen atoms in total. The SMILES string of the molecule is O=C(O)N(C(=O)O)c1nc(Cl)c2ncn([C@@H]3O[C@H](COCc4ccccc4)[C@@H](OCc4ccccc4)[C@]3(F)Cl)c2n1. The number of ether oxygens (including phenoxy) is 3. The second-order valence-corrected chi connectivity index (χ2v) is 9.90. The van der Waals surface area contributed by atoms with Crippen LogP contribution in [-0.2, 0) is 27.4 Å². The van der Waals surface area contributed by atoms with Crippen molar-refractivity contribution in [3.05, 3.63) is 83.3 Å². The van der Waals surface area contributed by atoms with Crippen molar-refractivity contribution in [3.63, 3.8) is 0 Å². The smallest absolute Gasteiger partial charge is 0.424 e. The van der Waals surface area contributed by atoms with Gasteiger partial charge in [-0.25, -0.2) is 19.0 Å². The maximum absolute atomic E-state index is 16.5. The number of alkyl halides is 2. The first kappa shape index (κ1) is 28.6. The van der Waals surface area contributed by atoms with Gasteiger partial charge in [0, 0.05) is 0 Å². The number of hydrogen-bond donors (Lipinski definition) is 2. The van der Waals surface area contributed by atoms with Gasteiger partial charge in [0.1, 0.15) is 17.7 Å². The Labute approximate surface area is 241 Å². The van der Waals surface area contributed by atoms with Gasteiger partial charge in [-0.05, 0) is 11.1 Å². The lowest BCUT2D eigenvalue weighted by Crippen LogP contribution is -2.41. The third-order valence-electron chi connectivity index (χ3n) is 6.22. The molecule has 2 aromatic heterocycles. The first-order valence-corrected chi connectivity index (χ1v) is 12.9. The van der Waals surface area contributed by atoms with Crippen molar-refractivity contribution in [3.8, 4) is 0 Å². The van der Waals surface area contributed by atoms with E-state index >= 15 is 4.39 Å². The summed E-state index contributed by atoms with van der Waals surface area (Å²) in [6.45, 7) is 0.144. The Kier molecular flexibility index (Phi) is 8.33. The van der Waals surface area contributed by atoms with Gasteiger partial charge in [0.15, 0.2) is 17.0 Å². The van der Waals surface area contributed by atoms with E-state index < -0.39 is 41.7 Å². The molecule has 1 aliphatic rings. The van der Waals surface area contributed by atoms with Crippen LogP contribution in [-0.4, -0.2) is 65.9 Å². The van der Waals surface area contributed by atoms with Gasteiger partial charge in [0.2, 0.25) is 5.95 Å². The second kappa shape index (κ2) is 11.9. The highest BCUT2D eigenvalue weighted by molar-refractivity contribution is 6.33. The summed E-state index contributed by atoms with van der Waals surface area (Å²) in [5.74, 6) is -0.791. The van der Waals surface area contributed by atoms with Crippen molar-refractivity contribution >= 4 is 52.5 Å². The molecule has 0 radical (unpaired) electrons. The number of anilines is 1. The van der Waals surface area contributed by atoms with Crippen LogP contribution >= 0.6 is 23.2 Å². The van der Waals surface area contributed by atoms with Crippen LogP contribution in [0.25, 0.3) is 11.2 Å². The quantitative estimate of drug-likeness (QED) is 0.191. The number of hydrogen-bond acceptors (Lipinski definition) is 8. The lowest BCUT2D eigenvalue weighted by atomic mass is 10.1. The van der Waals surface area contributed by atoms with Crippen LogP contribution in [0.4, 0.5) is 19.9 Å². The Morgan fingerprint density at radius 3 is 2.24 bits per heavy atom. The molecule has 0 bridgehead atoms. The van der Waals surface area contributed by atoms with Crippen molar-refractivity contribution in [2.45, 2.75) is 36.8 Å². The fraction of sp³-hybridized carbons (Fsp3) is 0.269. The first-order valence-electron chi connectivity index (χ1n) is 12.1. The molecule has 0 aliphatic carbocycles. The third-order valence-corrected chi connectivity index (χ3v) is 6.88. The average Bonchev–Trinajstić information content (AvgIpc) is 3.46. The van der Waals surface area contributed by atoms with E-state index in [-0.39, 0.29) is 41.0 Å². The number of carboxylic acid groups (broad SMARTS) is 2. The molecule has 0 saturated carbocycles. The summed E-state index contributed by atoms with van der Waals surface area (Å²) < 4.78 is 35.3. The number of rotatable bonds is 9. The number of nitrogens with zero attached hydrogens (tertiary/aromatic N) is 5. The fourth-order valence-corrected chi connectivity index (χ4v) is 4.90. The number of amides is 2. The molecule has 1 saturated heterocycles. The van der Waals surface area contributed by atoms with Crippen LogP contribution in [0.15, 0.2) is 67.0 Å². The van der Waals surface area contributed by atoms with E-state index in [2.05, 4.69) is 15.0 Å². The number of benzene rings is 2. The molecule has 4 atom stereocenters. The topological polar surface area (TPSA) is 149 Å². The molecular formula is C26H22Cl2FN5O7. The minimum Gasteiger partial charge on any atom is -0.464 e. The zero-order valence-electron chi connectivity index (χ0n) is 21.0. The molecule has 2 amide bonds. The van der Waals surface area contributed by atoms with Crippen LogP contribution in [0.3, 0.4) is 0 Å². The summed E-state index contributed by atoms with van der Waals surface area (Å²) in [6.07, 6.45) is -6.57. The molecule has 1 fully saturated rings. The third kappa shape index (κ3) is 5.94. The molecule has 2 aromatic carbocycles. The minimum atomic E-state index is -2.71. The molecule has 5 rings (SSSR count). The number of fused-ring (bicyclic) bond motifs is 1. The molecule has 0 unspecified atom stereocenters. The van der Waals surface area contributed by atoms with Gasteiger partial charge in [-0.3, -0.25) is 4.57 Å². The number of carbonyl (C=O) groups is 2. The van der Waals surface area contributed by atoms with Crippen molar-refractivity contribution in [2.24, 2.45) is 0 Å². The van der Waals surface area contributed by atoms with E-state index in [0.717, 1.165) is 22.0 Å². The Balaban J connectivity index is 1.47. The maximum Gasteiger partial charge on any atom is 0.424 e. The normalized spacial score (nSPS) is 22.2. The van der Waals surface area contributed by atoms with Crippen molar-refractivity contribution < 1.29 is 38.4 Å². The standard InChI is InChI=1S/C26H22Cl2FN5O7/c27-20-18-21(32-23(31-20)34(24(35)36)25(37)38)33(14-30-18)22-26(28,29)19(40-12-16-9-5-2-6-10-16)17(41-22)13-39-11-15-7-3-1-4-8-15/h1-10,14,17,19,22H,11-13H2,(H,35,36)(H,37,38)/t17-,19-,22-,26-/m1/s1. The predicted octanol–water partition coefficient (Wildman–Crippen LogP) is 5.25. The molecule has 41 heavy (non-hydrogen) atoms. The largest absolute Gasteiger partial charge is 0.464 e. The molecule has 1 aliphatic heterocycles. The number of halogens is 3. The molecule has 0 spiro atoms. The van der Waals surface area contributed by atoms with E-state index in [1.54, 1.807) is 0 Å². The highest BCUT2D eigenvalue weighted by Gasteiger charge is 2.59. The molecular weight excluding hydrogens is 584 g/mol. The van der Waals surface area contributed by atoms with Crippen LogP contribution in [0.1, 0.15) is 17.4 Å². The van der Waals surface area contributed by atoms with Gasteiger partial charge in [-0.2, -0.15) is 9.97 Å². The lowest BCUT2D eigenvalue weighted by Gasteiger charge is -2.26. The van der Waals surface area contributed by atoms with E-state index in [9.17, 15) is 19.8 Å². The van der Waals surface area contributed by atoms with Gasteiger partial charge >= 0.3 is 12.2 Å². The van der Waals surface area contributed by atoms with E-state index in [0.29, 0.717) is 0 Å². The molecule has 2 N–H and O–H groups in total. The summed E-state index contributed by atoms with van der Waals surface area (Å²) in [4.78, 5) is 34.7. The number of imidazole rings is 1. The van der Waals surface area contributed by atoms with Crippen LogP contribution in [0, 0.1) is 0 Å². The van der Waals surface area contributed by atoms with Gasteiger partial charge in [0.05, 0.1) is 26.1 Å². The van der Waals surface area contributed by atoms with Crippen molar-refractivity contribution in [1.82, 2.24) is 19.5 Å². The van der Waals surface area contributed by atoms with Crippen molar-refractivity contribution in [1.29, 1.82) is 0 Å². The van der Waals surface area contributed by atoms with Crippen LogP contribution < -0.4 is 4.90 Å². The summed E-state index contributed by atoms with van der Waals surface area (Å²) in [7, 11) is 0. The molecule has 3 heterocycles. The van der Waals surface area contributed by atoms with Gasteiger partial charge in [-0.1, -0.05) is 83.9 Å². The Hall–Kier alpha value is -3.88. The Bertz CT molecular complexity index is 1530.